The van der Waals surface area contributed by atoms with E-state index in [0.717, 1.165) is 13.1 Å². The maximum Gasteiger partial charge on any atom is 0.282 e. The first kappa shape index (κ1) is 14.4. The SMILES string of the molecule is CCN(C[C@H]1COC(N)=N1)c1cccc(-c2ccccc2)c1. The number of anilines is 1. The Hall–Kier alpha value is -2.49. The molecule has 0 spiro atoms. The number of benzene rings is 2. The number of hydrogen-bond acceptors (Lipinski definition) is 4. The predicted molar refractivity (Wildman–Crippen MR) is 91.1 cm³/mol. The van der Waals surface area contributed by atoms with Crippen LogP contribution in [0.2, 0.25) is 0 Å². The molecule has 114 valence electrons. The molecule has 2 aromatic carbocycles. The number of nitrogens with zero attached hydrogens (tertiary/aromatic N) is 2. The van der Waals surface area contributed by atoms with Crippen molar-refractivity contribution in [1.29, 1.82) is 0 Å². The Morgan fingerprint density at radius 2 is 1.91 bits per heavy atom. The largest absolute Gasteiger partial charge is 0.463 e. The summed E-state index contributed by atoms with van der Waals surface area (Å²) in [4.78, 5) is 6.62. The molecule has 0 bridgehead atoms. The first-order valence-corrected chi connectivity index (χ1v) is 7.62. The van der Waals surface area contributed by atoms with E-state index in [2.05, 4.69) is 65.3 Å². The topological polar surface area (TPSA) is 50.9 Å². The van der Waals surface area contributed by atoms with E-state index in [1.54, 1.807) is 0 Å². The fourth-order valence-electron chi connectivity index (χ4n) is 2.71. The van der Waals surface area contributed by atoms with Gasteiger partial charge in [0.25, 0.3) is 6.02 Å². The van der Waals surface area contributed by atoms with Gasteiger partial charge in [0.05, 0.1) is 0 Å². The van der Waals surface area contributed by atoms with Gasteiger partial charge in [-0.2, -0.15) is 0 Å². The molecule has 0 saturated carbocycles. The molecule has 0 unspecified atom stereocenters. The maximum absolute atomic E-state index is 5.59. The number of likely N-dealkylation sites (N-methyl/N-ethyl adjacent to an activating group) is 1. The van der Waals surface area contributed by atoms with E-state index in [4.69, 9.17) is 10.5 Å². The molecule has 1 atom stereocenters. The minimum Gasteiger partial charge on any atom is -0.463 e. The highest BCUT2D eigenvalue weighted by Crippen LogP contribution is 2.25. The fraction of sp³-hybridized carbons (Fsp3) is 0.278. The second kappa shape index (κ2) is 6.52. The predicted octanol–water partition coefficient (Wildman–Crippen LogP) is 2.89. The van der Waals surface area contributed by atoms with Crippen molar-refractivity contribution in [3.63, 3.8) is 0 Å². The second-order valence-corrected chi connectivity index (χ2v) is 5.39. The summed E-state index contributed by atoms with van der Waals surface area (Å²) in [6.45, 7) is 4.46. The molecular formula is C18H21N3O. The molecular weight excluding hydrogens is 274 g/mol. The Bertz CT molecular complexity index is 654. The number of rotatable bonds is 5. The molecule has 0 radical (unpaired) electrons. The fourth-order valence-corrected chi connectivity index (χ4v) is 2.71. The van der Waals surface area contributed by atoms with Gasteiger partial charge in [-0.05, 0) is 30.2 Å². The molecule has 0 amide bonds. The van der Waals surface area contributed by atoms with Crippen molar-refractivity contribution in [2.45, 2.75) is 13.0 Å². The van der Waals surface area contributed by atoms with Crippen LogP contribution in [0.25, 0.3) is 11.1 Å². The molecule has 22 heavy (non-hydrogen) atoms. The molecule has 4 nitrogen and oxygen atoms in total. The van der Waals surface area contributed by atoms with Crippen molar-refractivity contribution in [3.05, 3.63) is 54.6 Å². The van der Waals surface area contributed by atoms with Gasteiger partial charge in [-0.25, -0.2) is 4.99 Å². The summed E-state index contributed by atoms with van der Waals surface area (Å²) in [5.74, 6) is 0. The van der Waals surface area contributed by atoms with Crippen LogP contribution in [0.3, 0.4) is 0 Å². The summed E-state index contributed by atoms with van der Waals surface area (Å²) in [5, 5.41) is 0. The van der Waals surface area contributed by atoms with E-state index in [1.807, 2.05) is 6.07 Å². The summed E-state index contributed by atoms with van der Waals surface area (Å²) < 4.78 is 5.24. The van der Waals surface area contributed by atoms with Crippen molar-refractivity contribution in [2.75, 3.05) is 24.6 Å². The third kappa shape index (κ3) is 3.22. The van der Waals surface area contributed by atoms with Gasteiger partial charge < -0.3 is 15.4 Å². The molecule has 0 aromatic heterocycles. The van der Waals surface area contributed by atoms with Gasteiger partial charge in [0.2, 0.25) is 0 Å². The number of amidine groups is 1. The number of hydrogen-bond donors (Lipinski definition) is 1. The van der Waals surface area contributed by atoms with Gasteiger partial charge in [-0.15, -0.1) is 0 Å². The van der Waals surface area contributed by atoms with Crippen molar-refractivity contribution < 1.29 is 4.74 Å². The standard InChI is InChI=1S/C18H21N3O/c1-2-21(12-16-13-22-18(19)20-16)17-10-6-9-15(11-17)14-7-4-3-5-8-14/h3-11,16H,2,12-13H2,1H3,(H2,19,20)/t16-/m0/s1. The summed E-state index contributed by atoms with van der Waals surface area (Å²) in [5.41, 5.74) is 9.24. The lowest BCUT2D eigenvalue weighted by Crippen LogP contribution is -2.32. The average Bonchev–Trinajstić information content (AvgIpc) is 2.99. The van der Waals surface area contributed by atoms with Crippen LogP contribution in [-0.2, 0) is 4.74 Å². The van der Waals surface area contributed by atoms with Crippen molar-refractivity contribution in [3.8, 4) is 11.1 Å². The smallest absolute Gasteiger partial charge is 0.282 e. The van der Waals surface area contributed by atoms with Crippen molar-refractivity contribution in [1.82, 2.24) is 0 Å². The molecule has 1 aliphatic heterocycles. The maximum atomic E-state index is 5.59. The number of aliphatic imine (C=N–C) groups is 1. The van der Waals surface area contributed by atoms with E-state index in [0.29, 0.717) is 12.6 Å². The van der Waals surface area contributed by atoms with Gasteiger partial charge in [-0.1, -0.05) is 42.5 Å². The minimum absolute atomic E-state index is 0.111. The van der Waals surface area contributed by atoms with Crippen molar-refractivity contribution in [2.24, 2.45) is 10.7 Å². The summed E-state index contributed by atoms with van der Waals surface area (Å²) in [6.07, 6.45) is 0. The quantitative estimate of drug-likeness (QED) is 0.922. The van der Waals surface area contributed by atoms with Crippen LogP contribution < -0.4 is 10.6 Å². The molecule has 0 aliphatic carbocycles. The zero-order valence-corrected chi connectivity index (χ0v) is 12.8. The highest BCUT2D eigenvalue weighted by Gasteiger charge is 2.19. The Labute approximate surface area is 131 Å². The molecule has 0 saturated heterocycles. The van der Waals surface area contributed by atoms with Crippen LogP contribution in [0, 0.1) is 0 Å². The Balaban J connectivity index is 1.80. The minimum atomic E-state index is 0.111. The van der Waals surface area contributed by atoms with Crippen molar-refractivity contribution >= 4 is 11.7 Å². The monoisotopic (exact) mass is 295 g/mol. The lowest BCUT2D eigenvalue weighted by atomic mass is 10.0. The van der Waals surface area contributed by atoms with Crippen LogP contribution in [0.5, 0.6) is 0 Å². The zero-order chi connectivity index (χ0) is 15.4. The molecule has 4 heteroatoms. The van der Waals surface area contributed by atoms with Gasteiger partial charge in [0.15, 0.2) is 0 Å². The highest BCUT2D eigenvalue weighted by atomic mass is 16.5. The average molecular weight is 295 g/mol. The van der Waals surface area contributed by atoms with E-state index in [9.17, 15) is 0 Å². The lowest BCUT2D eigenvalue weighted by molar-refractivity contribution is 0.313. The highest BCUT2D eigenvalue weighted by molar-refractivity contribution is 5.73. The molecule has 2 aromatic rings. The van der Waals surface area contributed by atoms with E-state index in [1.165, 1.54) is 16.8 Å². The molecule has 1 aliphatic rings. The first-order chi connectivity index (χ1) is 10.8. The van der Waals surface area contributed by atoms with Gasteiger partial charge in [-0.3, -0.25) is 0 Å². The van der Waals surface area contributed by atoms with Gasteiger partial charge >= 0.3 is 0 Å². The normalized spacial score (nSPS) is 17.0. The van der Waals surface area contributed by atoms with E-state index >= 15 is 0 Å². The molecule has 1 heterocycles. The van der Waals surface area contributed by atoms with Crippen LogP contribution in [-0.4, -0.2) is 31.8 Å². The second-order valence-electron chi connectivity index (χ2n) is 5.39. The van der Waals surface area contributed by atoms with Crippen LogP contribution in [0.4, 0.5) is 5.69 Å². The first-order valence-electron chi connectivity index (χ1n) is 7.62. The van der Waals surface area contributed by atoms with Gasteiger partial charge in [0.1, 0.15) is 12.6 Å². The van der Waals surface area contributed by atoms with E-state index < -0.39 is 0 Å². The Morgan fingerprint density at radius 1 is 1.14 bits per heavy atom. The Kier molecular flexibility index (Phi) is 4.28. The zero-order valence-electron chi connectivity index (χ0n) is 12.8. The third-order valence-corrected chi connectivity index (χ3v) is 3.86. The number of ether oxygens (including phenoxy) is 1. The van der Waals surface area contributed by atoms with Crippen LogP contribution in [0.1, 0.15) is 6.92 Å². The molecule has 0 fully saturated rings. The summed E-state index contributed by atoms with van der Waals surface area (Å²) >= 11 is 0. The number of nitrogens with two attached hydrogens (primary N) is 1. The van der Waals surface area contributed by atoms with E-state index in [-0.39, 0.29) is 6.04 Å². The van der Waals surface area contributed by atoms with Crippen LogP contribution in [0.15, 0.2) is 59.6 Å². The summed E-state index contributed by atoms with van der Waals surface area (Å²) in [6, 6.07) is 19.4. The van der Waals surface area contributed by atoms with Crippen LogP contribution >= 0.6 is 0 Å². The molecule has 3 rings (SSSR count). The molecule has 2 N–H and O–H groups in total. The van der Waals surface area contributed by atoms with Gasteiger partial charge in [0, 0.05) is 18.8 Å². The Morgan fingerprint density at radius 3 is 2.59 bits per heavy atom. The lowest BCUT2D eigenvalue weighted by Gasteiger charge is -2.25. The summed E-state index contributed by atoms with van der Waals surface area (Å²) in [7, 11) is 0. The third-order valence-electron chi connectivity index (χ3n) is 3.86.